The minimum Gasteiger partial charge on any atom is -0.384 e. The first-order valence-corrected chi connectivity index (χ1v) is 4.27. The summed E-state index contributed by atoms with van der Waals surface area (Å²) in [4.78, 5) is 15.4. The molecule has 0 bridgehead atoms. The van der Waals surface area contributed by atoms with Crippen molar-refractivity contribution in [2.45, 2.75) is 0 Å². The number of nitrogens with two attached hydrogens (primary N) is 1. The molecule has 0 fully saturated rings. The van der Waals surface area contributed by atoms with E-state index >= 15 is 0 Å². The number of carbonyl (C=O) groups is 1. The van der Waals surface area contributed by atoms with E-state index in [2.05, 4.69) is 20.5 Å². The monoisotopic (exact) mass is 203 g/mol. The number of aromatic amines is 1. The molecule has 6 heteroatoms. The van der Waals surface area contributed by atoms with Crippen LogP contribution in [0.4, 0.5) is 11.5 Å². The van der Waals surface area contributed by atoms with E-state index in [0.717, 1.165) is 0 Å². The van der Waals surface area contributed by atoms with Gasteiger partial charge in [0, 0.05) is 12.4 Å². The van der Waals surface area contributed by atoms with Crippen LogP contribution in [0.1, 0.15) is 10.4 Å². The number of nitrogens with zero attached hydrogens (tertiary/aromatic N) is 2. The number of aromatic nitrogens is 3. The van der Waals surface area contributed by atoms with Gasteiger partial charge >= 0.3 is 0 Å². The van der Waals surface area contributed by atoms with Gasteiger partial charge in [0.2, 0.25) is 0 Å². The van der Waals surface area contributed by atoms with Crippen LogP contribution in [0, 0.1) is 0 Å². The Morgan fingerprint density at radius 2 is 2.27 bits per heavy atom. The zero-order valence-corrected chi connectivity index (χ0v) is 7.77. The Labute approximate surface area is 85.5 Å². The molecule has 2 aromatic rings. The molecular formula is C9H9N5O. The second-order valence-corrected chi connectivity index (χ2v) is 2.91. The van der Waals surface area contributed by atoms with Gasteiger partial charge in [-0.2, -0.15) is 5.10 Å². The topological polar surface area (TPSA) is 96.7 Å². The molecule has 0 atom stereocenters. The van der Waals surface area contributed by atoms with Crippen molar-refractivity contribution in [2.75, 3.05) is 11.1 Å². The van der Waals surface area contributed by atoms with Crippen molar-refractivity contribution in [1.82, 2.24) is 15.2 Å². The Hall–Kier alpha value is -2.37. The second kappa shape index (κ2) is 3.79. The van der Waals surface area contributed by atoms with Crippen molar-refractivity contribution in [3.05, 3.63) is 36.3 Å². The number of hydrogen-bond acceptors (Lipinski definition) is 4. The van der Waals surface area contributed by atoms with Crippen molar-refractivity contribution in [3.63, 3.8) is 0 Å². The zero-order chi connectivity index (χ0) is 10.7. The van der Waals surface area contributed by atoms with E-state index in [0.29, 0.717) is 17.1 Å². The largest absolute Gasteiger partial charge is 0.384 e. The van der Waals surface area contributed by atoms with Gasteiger partial charge in [0.1, 0.15) is 5.82 Å². The maximum Gasteiger partial charge on any atom is 0.257 e. The molecule has 0 spiro atoms. The van der Waals surface area contributed by atoms with Crippen LogP contribution in [-0.4, -0.2) is 21.1 Å². The van der Waals surface area contributed by atoms with Gasteiger partial charge in [-0.15, -0.1) is 0 Å². The highest BCUT2D eigenvalue weighted by molar-refractivity contribution is 6.03. The summed E-state index contributed by atoms with van der Waals surface area (Å²) in [5, 5.41) is 8.95. The fourth-order valence-electron chi connectivity index (χ4n) is 1.06. The molecule has 0 unspecified atom stereocenters. The minimum absolute atomic E-state index is 0.246. The van der Waals surface area contributed by atoms with Crippen LogP contribution < -0.4 is 11.1 Å². The molecule has 0 aliphatic heterocycles. The third kappa shape index (κ3) is 2.11. The minimum atomic E-state index is -0.246. The molecule has 2 heterocycles. The van der Waals surface area contributed by atoms with Crippen molar-refractivity contribution < 1.29 is 4.79 Å². The Balaban J connectivity index is 2.11. The number of pyridine rings is 1. The number of amides is 1. The number of carbonyl (C=O) groups excluding carboxylic acids is 1. The van der Waals surface area contributed by atoms with Gasteiger partial charge < -0.3 is 11.1 Å². The first-order valence-electron chi connectivity index (χ1n) is 4.27. The van der Waals surface area contributed by atoms with Gasteiger partial charge in [0.05, 0.1) is 17.4 Å². The summed E-state index contributed by atoms with van der Waals surface area (Å²) >= 11 is 0. The molecule has 2 aromatic heterocycles. The van der Waals surface area contributed by atoms with Gasteiger partial charge in [0.15, 0.2) is 0 Å². The number of anilines is 2. The van der Waals surface area contributed by atoms with E-state index < -0.39 is 0 Å². The molecule has 1 amide bonds. The predicted octanol–water partition coefficient (Wildman–Crippen LogP) is 0.639. The summed E-state index contributed by atoms with van der Waals surface area (Å²) in [5.41, 5.74) is 6.46. The van der Waals surface area contributed by atoms with E-state index in [-0.39, 0.29) is 5.91 Å². The van der Waals surface area contributed by atoms with Gasteiger partial charge in [0.25, 0.3) is 5.91 Å². The lowest BCUT2D eigenvalue weighted by atomic mass is 10.2. The van der Waals surface area contributed by atoms with E-state index in [4.69, 9.17) is 5.73 Å². The third-order valence-corrected chi connectivity index (χ3v) is 1.80. The Morgan fingerprint density at radius 1 is 1.40 bits per heavy atom. The normalized spacial score (nSPS) is 9.87. The van der Waals surface area contributed by atoms with Crippen LogP contribution in [0.5, 0.6) is 0 Å². The summed E-state index contributed by atoms with van der Waals surface area (Å²) in [5.74, 6) is 0.138. The highest BCUT2D eigenvalue weighted by Crippen LogP contribution is 2.06. The van der Waals surface area contributed by atoms with Crippen LogP contribution >= 0.6 is 0 Å². The van der Waals surface area contributed by atoms with E-state index in [9.17, 15) is 4.79 Å². The Morgan fingerprint density at radius 3 is 2.87 bits per heavy atom. The summed E-state index contributed by atoms with van der Waals surface area (Å²) in [6.45, 7) is 0. The van der Waals surface area contributed by atoms with Gasteiger partial charge in [-0.3, -0.25) is 9.89 Å². The molecule has 0 radical (unpaired) electrons. The van der Waals surface area contributed by atoms with Crippen molar-refractivity contribution in [1.29, 1.82) is 0 Å². The number of H-pyrrole nitrogens is 1. The van der Waals surface area contributed by atoms with Gasteiger partial charge in [-0.25, -0.2) is 4.98 Å². The SMILES string of the molecule is Nc1ccc(C(=O)Nc2cn[nH]c2)cn1. The predicted molar refractivity (Wildman–Crippen MR) is 55.2 cm³/mol. The van der Waals surface area contributed by atoms with Crippen LogP contribution in [0.3, 0.4) is 0 Å². The third-order valence-electron chi connectivity index (χ3n) is 1.80. The van der Waals surface area contributed by atoms with Gasteiger partial charge in [-0.05, 0) is 12.1 Å². The number of rotatable bonds is 2. The molecule has 2 rings (SSSR count). The Kier molecular flexibility index (Phi) is 2.32. The van der Waals surface area contributed by atoms with E-state index in [1.165, 1.54) is 12.4 Å². The first kappa shape index (κ1) is 9.20. The number of nitrogens with one attached hydrogen (secondary N) is 2. The average molecular weight is 203 g/mol. The van der Waals surface area contributed by atoms with Crippen LogP contribution in [0.25, 0.3) is 0 Å². The summed E-state index contributed by atoms with van der Waals surface area (Å²) < 4.78 is 0. The van der Waals surface area contributed by atoms with Crippen molar-refractivity contribution in [2.24, 2.45) is 0 Å². The van der Waals surface area contributed by atoms with E-state index in [1.54, 1.807) is 18.3 Å². The quantitative estimate of drug-likeness (QED) is 0.667. The lowest BCUT2D eigenvalue weighted by molar-refractivity contribution is 0.102. The maximum atomic E-state index is 11.6. The van der Waals surface area contributed by atoms with Crippen LogP contribution in [-0.2, 0) is 0 Å². The maximum absolute atomic E-state index is 11.6. The lowest BCUT2D eigenvalue weighted by Crippen LogP contribution is -2.11. The highest BCUT2D eigenvalue weighted by atomic mass is 16.1. The average Bonchev–Trinajstić information content (AvgIpc) is 2.71. The molecule has 0 aliphatic rings. The number of hydrogen-bond donors (Lipinski definition) is 3. The Bertz CT molecular complexity index is 448. The van der Waals surface area contributed by atoms with Crippen LogP contribution in [0.15, 0.2) is 30.7 Å². The summed E-state index contributed by atoms with van der Waals surface area (Å²) in [6, 6.07) is 3.18. The molecule has 0 saturated heterocycles. The lowest BCUT2D eigenvalue weighted by Gasteiger charge is -2.01. The van der Waals surface area contributed by atoms with Gasteiger partial charge in [-0.1, -0.05) is 0 Å². The molecular weight excluding hydrogens is 194 g/mol. The van der Waals surface area contributed by atoms with Crippen molar-refractivity contribution in [3.8, 4) is 0 Å². The first-order chi connectivity index (χ1) is 7.25. The molecule has 0 aliphatic carbocycles. The second-order valence-electron chi connectivity index (χ2n) is 2.91. The molecule has 0 saturated carbocycles. The van der Waals surface area contributed by atoms with Crippen molar-refractivity contribution >= 4 is 17.4 Å². The molecule has 6 nitrogen and oxygen atoms in total. The molecule has 76 valence electrons. The van der Waals surface area contributed by atoms with E-state index in [1.807, 2.05) is 0 Å². The summed E-state index contributed by atoms with van der Waals surface area (Å²) in [6.07, 6.45) is 4.52. The molecule has 15 heavy (non-hydrogen) atoms. The molecule has 0 aromatic carbocycles. The fraction of sp³-hybridized carbons (Fsp3) is 0. The summed E-state index contributed by atoms with van der Waals surface area (Å²) in [7, 11) is 0. The smallest absolute Gasteiger partial charge is 0.257 e. The molecule has 4 N–H and O–H groups in total. The van der Waals surface area contributed by atoms with Crippen LogP contribution in [0.2, 0.25) is 0 Å². The fourth-order valence-corrected chi connectivity index (χ4v) is 1.06. The number of nitrogen functional groups attached to an aromatic ring is 1. The zero-order valence-electron chi connectivity index (χ0n) is 7.77. The highest BCUT2D eigenvalue weighted by Gasteiger charge is 2.06. The standard InChI is InChI=1S/C9H9N5O/c10-8-2-1-6(3-11-8)9(15)14-7-4-12-13-5-7/h1-5H,(H2,10,11)(H,12,13)(H,14,15).